The van der Waals surface area contributed by atoms with Crippen molar-refractivity contribution in [3.8, 4) is 11.1 Å². The van der Waals surface area contributed by atoms with Gasteiger partial charge in [-0.05, 0) is 46.2 Å². The maximum atomic E-state index is 13.3. The molecule has 0 aliphatic heterocycles. The first kappa shape index (κ1) is 19.5. The van der Waals surface area contributed by atoms with Crippen LogP contribution in [0.1, 0.15) is 40.5 Å². The average molecular weight is 413 g/mol. The van der Waals surface area contributed by atoms with Crippen LogP contribution in [-0.4, -0.2) is 29.2 Å². The van der Waals surface area contributed by atoms with Crippen LogP contribution in [0.25, 0.3) is 11.1 Å². The molecule has 0 amide bonds. The van der Waals surface area contributed by atoms with Gasteiger partial charge in [0.2, 0.25) is 0 Å². The summed E-state index contributed by atoms with van der Waals surface area (Å²) in [6.45, 7) is 0.140. The van der Waals surface area contributed by atoms with E-state index >= 15 is 0 Å². The van der Waals surface area contributed by atoms with Crippen molar-refractivity contribution >= 4 is 11.9 Å². The van der Waals surface area contributed by atoms with Gasteiger partial charge in [-0.25, -0.2) is 0 Å². The van der Waals surface area contributed by atoms with Gasteiger partial charge in [0.25, 0.3) is 0 Å². The van der Waals surface area contributed by atoms with E-state index < -0.39 is 23.4 Å². The maximum absolute atomic E-state index is 13.3. The first-order chi connectivity index (χ1) is 15.0. The highest BCUT2D eigenvalue weighted by Gasteiger charge is 2.51. The summed E-state index contributed by atoms with van der Waals surface area (Å²) in [6, 6.07) is 23.6. The monoisotopic (exact) mass is 413 g/mol. The Kier molecular flexibility index (Phi) is 4.63. The molecular formula is C26H23NO4. The Hall–Kier alpha value is -3.44. The lowest BCUT2D eigenvalue weighted by molar-refractivity contribution is -0.156. The quantitative estimate of drug-likeness (QED) is 0.634. The van der Waals surface area contributed by atoms with E-state index in [0.29, 0.717) is 12.0 Å². The highest BCUT2D eigenvalue weighted by molar-refractivity contribution is 5.92. The summed E-state index contributed by atoms with van der Waals surface area (Å²) in [5.41, 5.74) is 10.7. The van der Waals surface area contributed by atoms with Crippen molar-refractivity contribution in [2.24, 2.45) is 5.73 Å². The van der Waals surface area contributed by atoms with Gasteiger partial charge in [-0.15, -0.1) is 0 Å². The first-order valence-corrected chi connectivity index (χ1v) is 10.5. The number of hydrogen-bond donors (Lipinski definition) is 2. The van der Waals surface area contributed by atoms with Crippen LogP contribution in [0, 0.1) is 0 Å². The number of esters is 1. The number of benzene rings is 3. The van der Waals surface area contributed by atoms with E-state index in [2.05, 4.69) is 12.1 Å². The molecule has 31 heavy (non-hydrogen) atoms. The third kappa shape index (κ3) is 3.04. The van der Waals surface area contributed by atoms with Gasteiger partial charge in [-0.1, -0.05) is 72.8 Å². The second-order valence-electron chi connectivity index (χ2n) is 8.33. The van der Waals surface area contributed by atoms with E-state index in [0.717, 1.165) is 27.8 Å². The average Bonchev–Trinajstić information content (AvgIpc) is 3.11. The number of hydrogen-bond acceptors (Lipinski definition) is 4. The molecule has 3 aromatic carbocycles. The topological polar surface area (TPSA) is 89.6 Å². The van der Waals surface area contributed by atoms with Crippen LogP contribution >= 0.6 is 0 Å². The van der Waals surface area contributed by atoms with Gasteiger partial charge in [0.15, 0.2) is 0 Å². The molecule has 3 N–H and O–H groups in total. The highest BCUT2D eigenvalue weighted by atomic mass is 16.5. The van der Waals surface area contributed by atoms with Gasteiger partial charge in [0.05, 0.1) is 0 Å². The first-order valence-electron chi connectivity index (χ1n) is 10.5. The summed E-state index contributed by atoms with van der Waals surface area (Å²) in [7, 11) is 0. The molecule has 0 aromatic heterocycles. The summed E-state index contributed by atoms with van der Waals surface area (Å²) < 4.78 is 5.80. The molecule has 2 unspecified atom stereocenters. The molecule has 5 heteroatoms. The standard InChI is InChI=1S/C26H23NO4/c27-26(25(29)30)14-13-16-7-1-2-8-17(16)23(26)24(28)31-15-22-20-11-5-3-9-18(20)19-10-4-6-12-21(19)22/h1-12,22-23H,13-15,27H2,(H,29,30). The van der Waals surface area contributed by atoms with Gasteiger partial charge in [-0.2, -0.15) is 0 Å². The van der Waals surface area contributed by atoms with E-state index in [4.69, 9.17) is 10.5 Å². The van der Waals surface area contributed by atoms with Crippen molar-refractivity contribution in [1.82, 2.24) is 0 Å². The molecule has 156 valence electrons. The van der Waals surface area contributed by atoms with Gasteiger partial charge in [0, 0.05) is 5.92 Å². The molecule has 0 saturated heterocycles. The van der Waals surface area contributed by atoms with E-state index in [1.165, 1.54) is 0 Å². The van der Waals surface area contributed by atoms with Gasteiger partial charge in [0.1, 0.15) is 18.1 Å². The fourth-order valence-corrected chi connectivity index (χ4v) is 5.06. The Morgan fingerprint density at radius 3 is 2.06 bits per heavy atom. The number of carboxylic acid groups (broad SMARTS) is 1. The van der Waals surface area contributed by atoms with E-state index in [1.54, 1.807) is 12.1 Å². The SMILES string of the molecule is NC1(C(=O)O)CCc2ccccc2C1C(=O)OCC1c2ccccc2-c2ccccc21. The molecule has 3 aromatic rings. The number of aryl methyl sites for hydroxylation is 1. The largest absolute Gasteiger partial charge is 0.480 e. The molecule has 0 saturated carbocycles. The number of rotatable bonds is 4. The van der Waals surface area contributed by atoms with Gasteiger partial charge >= 0.3 is 11.9 Å². The molecule has 0 spiro atoms. The smallest absolute Gasteiger partial charge is 0.324 e. The van der Waals surface area contributed by atoms with Crippen LogP contribution in [-0.2, 0) is 20.7 Å². The molecule has 2 aliphatic carbocycles. The van der Waals surface area contributed by atoms with Gasteiger partial charge in [-0.3, -0.25) is 9.59 Å². The maximum Gasteiger partial charge on any atom is 0.324 e. The zero-order valence-electron chi connectivity index (χ0n) is 17.0. The Labute approximate surface area is 180 Å². The molecule has 2 aliphatic rings. The molecule has 2 atom stereocenters. The fourth-order valence-electron chi connectivity index (χ4n) is 5.06. The number of nitrogens with two attached hydrogens (primary N) is 1. The molecule has 5 rings (SSSR count). The van der Waals surface area contributed by atoms with Crippen molar-refractivity contribution in [3.63, 3.8) is 0 Å². The van der Waals surface area contributed by atoms with E-state index in [-0.39, 0.29) is 18.9 Å². The Morgan fingerprint density at radius 2 is 1.45 bits per heavy atom. The van der Waals surface area contributed by atoms with Crippen molar-refractivity contribution in [1.29, 1.82) is 0 Å². The van der Waals surface area contributed by atoms with Crippen LogP contribution in [0.15, 0.2) is 72.8 Å². The van der Waals surface area contributed by atoms with Gasteiger partial charge < -0.3 is 15.6 Å². The number of aliphatic carboxylic acids is 1. The third-order valence-corrected chi connectivity index (χ3v) is 6.68. The molecule has 0 heterocycles. The van der Waals surface area contributed by atoms with Crippen LogP contribution in [0.2, 0.25) is 0 Å². The van der Waals surface area contributed by atoms with E-state index in [1.807, 2.05) is 48.5 Å². The summed E-state index contributed by atoms with van der Waals surface area (Å²) >= 11 is 0. The Balaban J connectivity index is 1.46. The molecular weight excluding hydrogens is 390 g/mol. The second kappa shape index (κ2) is 7.36. The number of carboxylic acids is 1. The predicted octanol–water partition coefficient (Wildman–Crippen LogP) is 3.85. The van der Waals surface area contributed by atoms with Crippen LogP contribution in [0.5, 0.6) is 0 Å². The summed E-state index contributed by atoms with van der Waals surface area (Å²) in [5.74, 6) is -2.89. The van der Waals surface area contributed by atoms with Crippen LogP contribution in [0.4, 0.5) is 0 Å². The van der Waals surface area contributed by atoms with Crippen molar-refractivity contribution < 1.29 is 19.4 Å². The molecule has 5 nitrogen and oxygen atoms in total. The Bertz CT molecular complexity index is 1140. The minimum atomic E-state index is -1.68. The lowest BCUT2D eigenvalue weighted by Crippen LogP contribution is -2.57. The zero-order valence-corrected chi connectivity index (χ0v) is 17.0. The lowest BCUT2D eigenvalue weighted by Gasteiger charge is -2.37. The third-order valence-electron chi connectivity index (χ3n) is 6.68. The highest BCUT2D eigenvalue weighted by Crippen LogP contribution is 2.45. The van der Waals surface area contributed by atoms with Crippen LogP contribution in [0.3, 0.4) is 0 Å². The van der Waals surface area contributed by atoms with Crippen molar-refractivity contribution in [2.45, 2.75) is 30.2 Å². The summed E-state index contributed by atoms with van der Waals surface area (Å²) in [4.78, 5) is 25.4. The number of carbonyl (C=O) groups excluding carboxylic acids is 1. The Morgan fingerprint density at radius 1 is 0.903 bits per heavy atom. The minimum absolute atomic E-state index is 0.0906. The minimum Gasteiger partial charge on any atom is -0.480 e. The van der Waals surface area contributed by atoms with E-state index in [9.17, 15) is 14.7 Å². The normalized spacial score (nSPS) is 21.6. The predicted molar refractivity (Wildman–Crippen MR) is 117 cm³/mol. The number of carbonyl (C=O) groups is 2. The summed E-state index contributed by atoms with van der Waals surface area (Å²) in [6.07, 6.45) is 0.709. The zero-order chi connectivity index (χ0) is 21.6. The number of ether oxygens (including phenoxy) is 1. The second-order valence-corrected chi connectivity index (χ2v) is 8.33. The fraction of sp³-hybridized carbons (Fsp3) is 0.231. The lowest BCUT2D eigenvalue weighted by atomic mass is 9.70. The summed E-state index contributed by atoms with van der Waals surface area (Å²) in [5, 5.41) is 9.85. The van der Waals surface area contributed by atoms with Crippen molar-refractivity contribution in [3.05, 3.63) is 95.1 Å². The number of fused-ring (bicyclic) bond motifs is 4. The van der Waals surface area contributed by atoms with Crippen LogP contribution < -0.4 is 5.73 Å². The molecule has 0 bridgehead atoms. The molecule has 0 fully saturated rings. The van der Waals surface area contributed by atoms with Crippen molar-refractivity contribution in [2.75, 3.05) is 6.61 Å². The molecule has 0 radical (unpaired) electrons.